The minimum Gasteiger partial charge on any atom is -0.479 e. The van der Waals surface area contributed by atoms with Crippen molar-refractivity contribution in [2.75, 3.05) is 39.5 Å². The largest absolute Gasteiger partial charge is 0.479 e. The molecule has 92 valence electrons. The van der Waals surface area contributed by atoms with E-state index in [1.807, 2.05) is 0 Å². The van der Waals surface area contributed by atoms with E-state index in [1.54, 1.807) is 0 Å². The van der Waals surface area contributed by atoms with Gasteiger partial charge >= 0.3 is 5.97 Å². The lowest BCUT2D eigenvalue weighted by Gasteiger charge is -2.34. The molecular formula is C11H19NO4. The number of morpholine rings is 1. The summed E-state index contributed by atoms with van der Waals surface area (Å²) in [6.45, 7) is 4.57. The Morgan fingerprint density at radius 3 is 2.75 bits per heavy atom. The molecule has 0 spiro atoms. The first-order valence-corrected chi connectivity index (χ1v) is 5.90. The molecule has 0 saturated carbocycles. The summed E-state index contributed by atoms with van der Waals surface area (Å²) in [6.07, 6.45) is 1.54. The van der Waals surface area contributed by atoms with Gasteiger partial charge in [-0.2, -0.15) is 0 Å². The monoisotopic (exact) mass is 229 g/mol. The fourth-order valence-electron chi connectivity index (χ4n) is 2.31. The van der Waals surface area contributed by atoms with Gasteiger partial charge in [-0.25, -0.2) is 4.79 Å². The van der Waals surface area contributed by atoms with Gasteiger partial charge in [0.15, 0.2) is 6.10 Å². The highest BCUT2D eigenvalue weighted by Crippen LogP contribution is 2.17. The molecule has 2 heterocycles. The molecule has 0 aromatic carbocycles. The van der Waals surface area contributed by atoms with Crippen LogP contribution in [0.25, 0.3) is 0 Å². The Morgan fingerprint density at radius 1 is 1.31 bits per heavy atom. The first-order valence-electron chi connectivity index (χ1n) is 5.90. The van der Waals surface area contributed by atoms with Crippen LogP contribution in [0.1, 0.15) is 12.8 Å². The maximum atomic E-state index is 10.8. The summed E-state index contributed by atoms with van der Waals surface area (Å²) in [6, 6.07) is 0. The van der Waals surface area contributed by atoms with Gasteiger partial charge in [0, 0.05) is 32.8 Å². The van der Waals surface area contributed by atoms with Crippen molar-refractivity contribution in [3.05, 3.63) is 0 Å². The number of carboxylic acid groups (broad SMARTS) is 1. The molecule has 0 aromatic rings. The fraction of sp³-hybridized carbons (Fsp3) is 0.909. The lowest BCUT2D eigenvalue weighted by Crippen LogP contribution is -2.47. The Hall–Kier alpha value is -0.650. The summed E-state index contributed by atoms with van der Waals surface area (Å²) in [5, 5.41) is 8.89. The third kappa shape index (κ3) is 3.17. The zero-order valence-corrected chi connectivity index (χ0v) is 9.43. The van der Waals surface area contributed by atoms with Crippen LogP contribution in [-0.2, 0) is 14.3 Å². The fourth-order valence-corrected chi connectivity index (χ4v) is 2.31. The molecule has 1 unspecified atom stereocenters. The smallest absolute Gasteiger partial charge is 0.334 e. The number of carbonyl (C=O) groups is 1. The molecule has 0 aliphatic carbocycles. The Labute approximate surface area is 95.3 Å². The predicted molar refractivity (Wildman–Crippen MR) is 57.4 cm³/mol. The standard InChI is InChI=1S/C11H19NO4/c13-11(14)10-8-12(3-6-16-10)7-9-1-4-15-5-2-9/h9-10H,1-8H2,(H,13,14). The topological polar surface area (TPSA) is 59.0 Å². The van der Waals surface area contributed by atoms with Crippen molar-refractivity contribution >= 4 is 5.97 Å². The zero-order chi connectivity index (χ0) is 11.4. The Balaban J connectivity index is 1.78. The summed E-state index contributed by atoms with van der Waals surface area (Å²) < 4.78 is 10.5. The first kappa shape index (κ1) is 11.8. The van der Waals surface area contributed by atoms with Crippen LogP contribution < -0.4 is 0 Å². The van der Waals surface area contributed by atoms with Gasteiger partial charge in [-0.1, -0.05) is 0 Å². The van der Waals surface area contributed by atoms with Crippen LogP contribution in [0.15, 0.2) is 0 Å². The SMILES string of the molecule is O=C(O)C1CN(CC2CCOCC2)CCO1. The van der Waals surface area contributed by atoms with Crippen LogP contribution in [0, 0.1) is 5.92 Å². The van der Waals surface area contributed by atoms with E-state index in [0.717, 1.165) is 39.1 Å². The summed E-state index contributed by atoms with van der Waals surface area (Å²) in [4.78, 5) is 13.0. The Bertz CT molecular complexity index is 240. The van der Waals surface area contributed by atoms with Crippen LogP contribution in [0.2, 0.25) is 0 Å². The highest BCUT2D eigenvalue weighted by Gasteiger charge is 2.27. The maximum Gasteiger partial charge on any atom is 0.334 e. The van der Waals surface area contributed by atoms with Crippen molar-refractivity contribution in [1.29, 1.82) is 0 Å². The number of hydrogen-bond donors (Lipinski definition) is 1. The Kier molecular flexibility index (Phi) is 4.15. The van der Waals surface area contributed by atoms with Gasteiger partial charge in [-0.15, -0.1) is 0 Å². The molecule has 5 heteroatoms. The quantitative estimate of drug-likeness (QED) is 0.749. The average Bonchev–Trinajstić information content (AvgIpc) is 2.30. The van der Waals surface area contributed by atoms with Crippen molar-refractivity contribution in [1.82, 2.24) is 4.90 Å². The minimum absolute atomic E-state index is 0.521. The molecule has 16 heavy (non-hydrogen) atoms. The molecule has 2 aliphatic rings. The molecule has 2 fully saturated rings. The minimum atomic E-state index is -0.850. The normalized spacial score (nSPS) is 29.1. The number of nitrogens with zero attached hydrogens (tertiary/aromatic N) is 1. The number of carboxylic acids is 1. The summed E-state index contributed by atoms with van der Waals surface area (Å²) >= 11 is 0. The summed E-state index contributed by atoms with van der Waals surface area (Å²) in [7, 11) is 0. The maximum absolute atomic E-state index is 10.8. The van der Waals surface area contributed by atoms with E-state index in [2.05, 4.69) is 4.90 Å². The molecular weight excluding hydrogens is 210 g/mol. The van der Waals surface area contributed by atoms with E-state index in [1.165, 1.54) is 0 Å². The van der Waals surface area contributed by atoms with Crippen molar-refractivity contribution in [2.24, 2.45) is 5.92 Å². The molecule has 0 aromatic heterocycles. The third-order valence-electron chi connectivity index (χ3n) is 3.28. The number of rotatable bonds is 3. The second-order valence-corrected chi connectivity index (χ2v) is 4.51. The average molecular weight is 229 g/mol. The number of aliphatic carboxylic acids is 1. The van der Waals surface area contributed by atoms with Crippen molar-refractivity contribution in [3.63, 3.8) is 0 Å². The van der Waals surface area contributed by atoms with Gasteiger partial charge in [-0.05, 0) is 18.8 Å². The van der Waals surface area contributed by atoms with Gasteiger partial charge in [0.05, 0.1) is 6.61 Å². The summed E-state index contributed by atoms with van der Waals surface area (Å²) in [5.41, 5.74) is 0. The van der Waals surface area contributed by atoms with E-state index in [9.17, 15) is 4.79 Å². The number of hydrogen-bond acceptors (Lipinski definition) is 4. The van der Waals surface area contributed by atoms with Gasteiger partial charge < -0.3 is 14.6 Å². The molecule has 2 aliphatic heterocycles. The van der Waals surface area contributed by atoms with Gasteiger partial charge in [0.1, 0.15) is 0 Å². The molecule has 0 bridgehead atoms. The van der Waals surface area contributed by atoms with E-state index < -0.39 is 12.1 Å². The van der Waals surface area contributed by atoms with E-state index in [4.69, 9.17) is 14.6 Å². The van der Waals surface area contributed by atoms with Gasteiger partial charge in [-0.3, -0.25) is 4.90 Å². The predicted octanol–water partition coefficient (Wildman–Crippen LogP) is 0.198. The Morgan fingerprint density at radius 2 is 2.06 bits per heavy atom. The molecule has 1 atom stereocenters. The highest BCUT2D eigenvalue weighted by atomic mass is 16.5. The van der Waals surface area contributed by atoms with Crippen molar-refractivity contribution in [2.45, 2.75) is 18.9 Å². The third-order valence-corrected chi connectivity index (χ3v) is 3.28. The van der Waals surface area contributed by atoms with E-state index >= 15 is 0 Å². The van der Waals surface area contributed by atoms with Crippen LogP contribution in [0.3, 0.4) is 0 Å². The van der Waals surface area contributed by atoms with E-state index in [-0.39, 0.29) is 0 Å². The van der Waals surface area contributed by atoms with Gasteiger partial charge in [0.25, 0.3) is 0 Å². The van der Waals surface area contributed by atoms with Crippen LogP contribution >= 0.6 is 0 Å². The zero-order valence-electron chi connectivity index (χ0n) is 9.43. The summed E-state index contributed by atoms with van der Waals surface area (Å²) in [5.74, 6) is -0.196. The highest BCUT2D eigenvalue weighted by molar-refractivity contribution is 5.72. The lowest BCUT2D eigenvalue weighted by atomic mass is 9.99. The second kappa shape index (κ2) is 5.61. The molecule has 2 saturated heterocycles. The van der Waals surface area contributed by atoms with Crippen LogP contribution in [0.5, 0.6) is 0 Å². The molecule has 5 nitrogen and oxygen atoms in total. The lowest BCUT2D eigenvalue weighted by molar-refractivity contribution is -0.156. The van der Waals surface area contributed by atoms with Crippen LogP contribution in [0.4, 0.5) is 0 Å². The van der Waals surface area contributed by atoms with Crippen LogP contribution in [-0.4, -0.2) is 61.5 Å². The van der Waals surface area contributed by atoms with E-state index in [0.29, 0.717) is 19.1 Å². The van der Waals surface area contributed by atoms with Crippen molar-refractivity contribution in [3.8, 4) is 0 Å². The number of ether oxygens (including phenoxy) is 2. The molecule has 0 amide bonds. The van der Waals surface area contributed by atoms with Gasteiger partial charge in [0.2, 0.25) is 0 Å². The first-order chi connectivity index (χ1) is 7.75. The molecule has 2 rings (SSSR count). The molecule has 0 radical (unpaired) electrons. The molecule has 1 N–H and O–H groups in total. The van der Waals surface area contributed by atoms with Crippen molar-refractivity contribution < 1.29 is 19.4 Å². The second-order valence-electron chi connectivity index (χ2n) is 4.51.